The average molecular weight is 383 g/mol. The molecular formula is C13H25N3O6S2. The molecule has 0 bridgehead atoms. The summed E-state index contributed by atoms with van der Waals surface area (Å²) in [5, 5.41) is 13.8. The molecular weight excluding hydrogens is 358 g/mol. The van der Waals surface area contributed by atoms with E-state index < -0.39 is 29.4 Å². The molecule has 0 rings (SSSR count). The molecule has 0 heterocycles. The number of nitrogens with one attached hydrogen (secondary N) is 3. The fourth-order valence-corrected chi connectivity index (χ4v) is 1.91. The van der Waals surface area contributed by atoms with E-state index in [2.05, 4.69) is 45.3 Å². The van der Waals surface area contributed by atoms with Crippen LogP contribution >= 0.6 is 25.7 Å². The lowest BCUT2D eigenvalue weighted by molar-refractivity contribution is -0.132. The minimum absolute atomic E-state index is 0.000478. The van der Waals surface area contributed by atoms with E-state index in [4.69, 9.17) is 9.84 Å². The van der Waals surface area contributed by atoms with Crippen LogP contribution in [0.25, 0.3) is 0 Å². The number of aliphatic hydroxyl groups excluding tert-OH is 1. The van der Waals surface area contributed by atoms with Crippen LogP contribution in [0.15, 0.2) is 0 Å². The van der Waals surface area contributed by atoms with Crippen molar-refractivity contribution in [3.63, 3.8) is 0 Å². The number of ether oxygens (including phenoxy) is 1. The van der Waals surface area contributed by atoms with Crippen LogP contribution in [0.2, 0.25) is 0 Å². The number of rotatable bonds is 12. The number of thiol groups is 2. The highest BCUT2D eigenvalue weighted by atomic mass is 32.1. The van der Waals surface area contributed by atoms with Crippen LogP contribution in [-0.2, 0) is 23.3 Å². The Bertz CT molecular complexity index is 423. The second-order valence-corrected chi connectivity index (χ2v) is 5.99. The van der Waals surface area contributed by atoms with Crippen molar-refractivity contribution < 1.29 is 28.4 Å². The van der Waals surface area contributed by atoms with Crippen molar-refractivity contribution in [1.82, 2.24) is 15.4 Å². The van der Waals surface area contributed by atoms with Gasteiger partial charge in [-0.1, -0.05) is 12.8 Å². The summed E-state index contributed by atoms with van der Waals surface area (Å²) in [5.41, 5.74) is -0.511. The van der Waals surface area contributed by atoms with Crippen LogP contribution in [0.3, 0.4) is 0 Å². The van der Waals surface area contributed by atoms with Crippen molar-refractivity contribution in [2.75, 3.05) is 26.4 Å². The van der Waals surface area contributed by atoms with Crippen molar-refractivity contribution in [3.05, 3.63) is 0 Å². The van der Waals surface area contributed by atoms with Crippen LogP contribution in [0.5, 0.6) is 0 Å². The van der Waals surface area contributed by atoms with E-state index in [0.29, 0.717) is 6.42 Å². The average Bonchev–Trinajstić information content (AvgIpc) is 2.50. The lowest BCUT2D eigenvalue weighted by Gasteiger charge is -2.24. The van der Waals surface area contributed by atoms with Gasteiger partial charge in [-0.25, -0.2) is 0 Å². The Labute approximate surface area is 152 Å². The van der Waals surface area contributed by atoms with Gasteiger partial charge in [0.2, 0.25) is 17.7 Å². The molecule has 0 fully saturated rings. The minimum Gasteiger partial charge on any atom is -0.396 e. The number of amides is 3. The Morgan fingerprint density at radius 2 is 1.92 bits per heavy atom. The molecule has 0 aliphatic rings. The third-order valence-corrected chi connectivity index (χ3v) is 3.35. The molecule has 0 aromatic carbocycles. The Kier molecular flexibility index (Phi) is 11.8. The topological polar surface area (TPSA) is 126 Å². The summed E-state index contributed by atoms with van der Waals surface area (Å²) in [4.78, 5) is 35.0. The Balaban J connectivity index is 4.43. The van der Waals surface area contributed by atoms with Gasteiger partial charge in [0.1, 0.15) is 12.6 Å². The van der Waals surface area contributed by atoms with Crippen LogP contribution in [0.1, 0.15) is 26.7 Å². The molecule has 4 N–H and O–H groups in total. The van der Waals surface area contributed by atoms with Gasteiger partial charge in [0.15, 0.2) is 0 Å². The van der Waals surface area contributed by atoms with E-state index in [0.717, 1.165) is 0 Å². The molecule has 140 valence electrons. The number of hydrogen-bond donors (Lipinski definition) is 6. The smallest absolute Gasteiger partial charge is 0.247 e. The molecule has 0 spiro atoms. The molecule has 9 nitrogen and oxygen atoms in total. The van der Waals surface area contributed by atoms with E-state index in [-0.39, 0.29) is 32.8 Å². The van der Waals surface area contributed by atoms with Crippen LogP contribution in [-0.4, -0.2) is 60.8 Å². The third kappa shape index (κ3) is 10.7. The van der Waals surface area contributed by atoms with E-state index in [1.807, 2.05) is 13.8 Å². The first-order valence-corrected chi connectivity index (χ1v) is 8.08. The quantitative estimate of drug-likeness (QED) is 0.146. The monoisotopic (exact) mass is 383 g/mol. The second-order valence-electron chi connectivity index (χ2n) is 5.51. The third-order valence-electron chi connectivity index (χ3n) is 2.97. The minimum atomic E-state index is -1.07. The molecule has 0 aliphatic heterocycles. The molecule has 24 heavy (non-hydrogen) atoms. The Morgan fingerprint density at radius 3 is 2.46 bits per heavy atom. The fraction of sp³-hybridized carbons (Fsp3) is 0.769. The highest BCUT2D eigenvalue weighted by molar-refractivity contribution is 7.78. The summed E-state index contributed by atoms with van der Waals surface area (Å²) in [6, 6.07) is -1.07. The van der Waals surface area contributed by atoms with Crippen LogP contribution < -0.4 is 15.4 Å². The lowest BCUT2D eigenvalue weighted by Crippen LogP contribution is -2.50. The molecule has 0 aliphatic carbocycles. The first-order valence-electron chi connectivity index (χ1n) is 7.27. The standard InChI is InChI=1S/C13H25N3O6S2/c1-13(2,3-5-17)21-6-4-14-12(20)9(7-10(18)16-23)15-11(19)8-22-24/h9,17,23-24H,3-8H2,1-2H3,(H,14,20)(H,15,19)(H,16,18)/t9-/m0/s1. The van der Waals surface area contributed by atoms with Gasteiger partial charge < -0.3 is 29.4 Å². The number of aliphatic hydroxyl groups is 1. The molecule has 0 aromatic rings. The second kappa shape index (κ2) is 12.4. The van der Waals surface area contributed by atoms with Gasteiger partial charge in [0.25, 0.3) is 0 Å². The zero-order valence-corrected chi connectivity index (χ0v) is 15.5. The van der Waals surface area contributed by atoms with Crippen molar-refractivity contribution in [2.45, 2.75) is 38.3 Å². The first-order chi connectivity index (χ1) is 11.3. The summed E-state index contributed by atoms with van der Waals surface area (Å²) in [6.45, 7) is 3.70. The summed E-state index contributed by atoms with van der Waals surface area (Å²) in [7, 11) is 0. The van der Waals surface area contributed by atoms with Gasteiger partial charge in [-0.05, 0) is 33.2 Å². The molecule has 11 heteroatoms. The van der Waals surface area contributed by atoms with Crippen LogP contribution in [0.4, 0.5) is 0 Å². The predicted octanol–water partition coefficient (Wildman–Crippen LogP) is -1.02. The maximum absolute atomic E-state index is 12.1. The normalized spacial score (nSPS) is 12.4. The molecule has 0 aromatic heterocycles. The molecule has 1 atom stereocenters. The van der Waals surface area contributed by atoms with E-state index >= 15 is 0 Å². The van der Waals surface area contributed by atoms with Gasteiger partial charge in [0, 0.05) is 13.2 Å². The number of hydrogen-bond acceptors (Lipinski definition) is 8. The van der Waals surface area contributed by atoms with Gasteiger partial charge in [-0.3, -0.25) is 14.4 Å². The zero-order chi connectivity index (χ0) is 18.6. The predicted molar refractivity (Wildman–Crippen MR) is 93.4 cm³/mol. The van der Waals surface area contributed by atoms with Gasteiger partial charge in [-0.2, -0.15) is 0 Å². The molecule has 3 amide bonds. The molecule has 0 saturated heterocycles. The maximum Gasteiger partial charge on any atom is 0.247 e. The summed E-state index contributed by atoms with van der Waals surface area (Å²) in [5.74, 6) is -1.65. The maximum atomic E-state index is 12.1. The Morgan fingerprint density at radius 1 is 1.25 bits per heavy atom. The van der Waals surface area contributed by atoms with Crippen molar-refractivity contribution >= 4 is 43.4 Å². The summed E-state index contributed by atoms with van der Waals surface area (Å²) in [6.07, 6.45) is 0.190. The summed E-state index contributed by atoms with van der Waals surface area (Å²) < 4.78 is 12.0. The number of carbonyl (C=O) groups is 3. The zero-order valence-electron chi connectivity index (χ0n) is 13.7. The van der Waals surface area contributed by atoms with Crippen molar-refractivity contribution in [2.24, 2.45) is 0 Å². The summed E-state index contributed by atoms with van der Waals surface area (Å²) >= 11 is 7.05. The first kappa shape index (κ1) is 23.0. The molecule has 0 saturated carbocycles. The van der Waals surface area contributed by atoms with E-state index in [9.17, 15) is 14.4 Å². The highest BCUT2D eigenvalue weighted by Gasteiger charge is 2.24. The van der Waals surface area contributed by atoms with Crippen molar-refractivity contribution in [3.8, 4) is 0 Å². The SMILES string of the molecule is CC(C)(CCO)OCCNC(=O)[C@H](CC(=O)NS)NC(=O)COS. The fourth-order valence-electron chi connectivity index (χ4n) is 1.70. The number of carbonyl (C=O) groups excluding carboxylic acids is 3. The largest absolute Gasteiger partial charge is 0.396 e. The Hall–Kier alpha value is -1.01. The van der Waals surface area contributed by atoms with Crippen molar-refractivity contribution in [1.29, 1.82) is 0 Å². The van der Waals surface area contributed by atoms with E-state index in [1.165, 1.54) is 0 Å². The van der Waals surface area contributed by atoms with Gasteiger partial charge in [0.05, 0.1) is 18.6 Å². The van der Waals surface area contributed by atoms with Gasteiger partial charge in [-0.15, -0.1) is 0 Å². The van der Waals surface area contributed by atoms with Gasteiger partial charge >= 0.3 is 0 Å². The molecule has 0 unspecified atom stereocenters. The highest BCUT2D eigenvalue weighted by Crippen LogP contribution is 2.12. The molecule has 0 radical (unpaired) electrons. The van der Waals surface area contributed by atoms with Crippen LogP contribution in [0, 0.1) is 0 Å². The lowest BCUT2D eigenvalue weighted by atomic mass is 10.1. The van der Waals surface area contributed by atoms with E-state index in [1.54, 1.807) is 0 Å².